The Labute approximate surface area is 153 Å². The van der Waals surface area contributed by atoms with Crippen LogP contribution >= 0.6 is 11.6 Å². The van der Waals surface area contributed by atoms with Gasteiger partial charge in [0.05, 0.1) is 4.90 Å². The van der Waals surface area contributed by atoms with Crippen molar-refractivity contribution in [3.63, 3.8) is 0 Å². The average Bonchev–Trinajstić information content (AvgIpc) is 2.58. The quantitative estimate of drug-likeness (QED) is 0.801. The van der Waals surface area contributed by atoms with E-state index < -0.39 is 10.0 Å². The smallest absolute Gasteiger partial charge is 0.240 e. The number of amides is 1. The monoisotopic (exact) mass is 380 g/mol. The van der Waals surface area contributed by atoms with E-state index in [1.54, 1.807) is 48.5 Å². The summed E-state index contributed by atoms with van der Waals surface area (Å²) in [5.74, 6) is -0.186. The second-order valence-corrected chi connectivity index (χ2v) is 7.75. The molecule has 0 aromatic heterocycles. The zero-order valence-corrected chi connectivity index (χ0v) is 15.8. The van der Waals surface area contributed by atoms with Crippen LogP contribution in [0.25, 0.3) is 0 Å². The molecule has 1 amide bonds. The molecule has 0 spiro atoms. The van der Waals surface area contributed by atoms with Crippen LogP contribution in [0.3, 0.4) is 0 Å². The van der Waals surface area contributed by atoms with Gasteiger partial charge in [0.25, 0.3) is 0 Å². The number of hydrogen-bond acceptors (Lipinski definition) is 3. The first-order valence-electron chi connectivity index (χ1n) is 7.96. The van der Waals surface area contributed by atoms with Gasteiger partial charge in [-0.25, -0.2) is 13.1 Å². The van der Waals surface area contributed by atoms with E-state index in [2.05, 4.69) is 4.72 Å². The van der Waals surface area contributed by atoms with Gasteiger partial charge in [-0.1, -0.05) is 36.7 Å². The van der Waals surface area contributed by atoms with Crippen LogP contribution < -0.4 is 9.62 Å². The number of nitrogens with zero attached hydrogens (tertiary/aromatic N) is 1. The minimum atomic E-state index is -3.61. The van der Waals surface area contributed by atoms with Gasteiger partial charge in [-0.05, 0) is 42.3 Å². The highest BCUT2D eigenvalue weighted by Gasteiger charge is 2.16. The fourth-order valence-electron chi connectivity index (χ4n) is 2.39. The molecular weight excluding hydrogens is 360 g/mol. The fraction of sp³-hybridized carbons (Fsp3) is 0.278. The van der Waals surface area contributed by atoms with Crippen molar-refractivity contribution < 1.29 is 13.2 Å². The van der Waals surface area contributed by atoms with E-state index in [1.165, 1.54) is 11.8 Å². The Morgan fingerprint density at radius 2 is 1.84 bits per heavy atom. The molecule has 25 heavy (non-hydrogen) atoms. The third-order valence-corrected chi connectivity index (χ3v) is 5.48. The number of nitrogens with one attached hydrogen (secondary N) is 1. The number of sulfonamides is 1. The molecule has 134 valence electrons. The van der Waals surface area contributed by atoms with Crippen molar-refractivity contribution >= 4 is 33.2 Å². The molecule has 0 saturated carbocycles. The van der Waals surface area contributed by atoms with Crippen LogP contribution in [0.15, 0.2) is 53.4 Å². The van der Waals surface area contributed by atoms with E-state index >= 15 is 0 Å². The van der Waals surface area contributed by atoms with E-state index in [4.69, 9.17) is 11.6 Å². The van der Waals surface area contributed by atoms with Crippen LogP contribution in [0.4, 0.5) is 5.69 Å². The number of aryl methyl sites for hydroxylation is 1. The molecule has 1 N–H and O–H groups in total. The molecular formula is C18H21ClN2O3S. The van der Waals surface area contributed by atoms with Gasteiger partial charge in [0.1, 0.15) is 0 Å². The lowest BCUT2D eigenvalue weighted by Gasteiger charge is -2.21. The number of anilines is 1. The molecule has 5 nitrogen and oxygen atoms in total. The summed E-state index contributed by atoms with van der Waals surface area (Å²) < 4.78 is 27.2. The number of benzene rings is 2. The second kappa shape index (κ2) is 8.47. The third-order valence-electron chi connectivity index (χ3n) is 3.77. The summed E-state index contributed by atoms with van der Waals surface area (Å²) in [5, 5.41) is 0.514. The Morgan fingerprint density at radius 1 is 1.16 bits per heavy atom. The van der Waals surface area contributed by atoms with Crippen molar-refractivity contribution in [1.82, 2.24) is 4.72 Å². The van der Waals surface area contributed by atoms with Crippen LogP contribution in [0, 0.1) is 0 Å². The molecule has 0 radical (unpaired) electrons. The molecule has 0 atom stereocenters. The molecule has 0 aliphatic heterocycles. The molecule has 0 bridgehead atoms. The van der Waals surface area contributed by atoms with Gasteiger partial charge >= 0.3 is 0 Å². The third kappa shape index (κ3) is 5.29. The molecule has 0 heterocycles. The van der Waals surface area contributed by atoms with Gasteiger partial charge in [0.2, 0.25) is 15.9 Å². The molecule has 0 aliphatic carbocycles. The number of carbonyl (C=O) groups is 1. The predicted octanol–water partition coefficient (Wildman–Crippen LogP) is 3.23. The maximum atomic E-state index is 12.3. The van der Waals surface area contributed by atoms with E-state index in [1.807, 2.05) is 6.92 Å². The van der Waals surface area contributed by atoms with Crippen LogP contribution in [0.2, 0.25) is 5.02 Å². The lowest BCUT2D eigenvalue weighted by molar-refractivity contribution is -0.116. The maximum absolute atomic E-state index is 12.3. The minimum Gasteiger partial charge on any atom is -0.311 e. The standard InChI is InChI=1S/C18H21ClN2O3S/c1-3-15-7-9-18(10-8-15)25(23,24)20-11-12-21(14(2)22)17-6-4-5-16(19)13-17/h4-10,13,20H,3,11-12H2,1-2H3. The molecule has 2 rings (SSSR count). The van der Waals surface area contributed by atoms with Crippen LogP contribution in [0.1, 0.15) is 19.4 Å². The highest BCUT2D eigenvalue weighted by Crippen LogP contribution is 2.19. The van der Waals surface area contributed by atoms with Crippen LogP contribution in [-0.2, 0) is 21.2 Å². The molecule has 2 aromatic carbocycles. The highest BCUT2D eigenvalue weighted by molar-refractivity contribution is 7.89. The number of hydrogen-bond donors (Lipinski definition) is 1. The first-order chi connectivity index (χ1) is 11.8. The Hall–Kier alpha value is -1.89. The van der Waals surface area contributed by atoms with Gasteiger partial charge in [-0.15, -0.1) is 0 Å². The Kier molecular flexibility index (Phi) is 6.58. The zero-order chi connectivity index (χ0) is 18.4. The molecule has 0 fully saturated rings. The minimum absolute atomic E-state index is 0.101. The first-order valence-corrected chi connectivity index (χ1v) is 9.82. The van der Waals surface area contributed by atoms with Crippen molar-refractivity contribution in [1.29, 1.82) is 0 Å². The summed E-state index contributed by atoms with van der Waals surface area (Å²) in [5.41, 5.74) is 1.70. The average molecular weight is 381 g/mol. The van der Waals surface area contributed by atoms with E-state index in [0.717, 1.165) is 12.0 Å². The van der Waals surface area contributed by atoms with Gasteiger partial charge in [0.15, 0.2) is 0 Å². The van der Waals surface area contributed by atoms with Gasteiger partial charge in [-0.2, -0.15) is 0 Å². The summed E-state index contributed by atoms with van der Waals surface area (Å²) >= 11 is 5.96. The van der Waals surface area contributed by atoms with E-state index in [9.17, 15) is 13.2 Å². The lowest BCUT2D eigenvalue weighted by atomic mass is 10.2. The van der Waals surface area contributed by atoms with E-state index in [-0.39, 0.29) is 23.9 Å². The van der Waals surface area contributed by atoms with Crippen molar-refractivity contribution in [2.75, 3.05) is 18.0 Å². The first kappa shape index (κ1) is 19.4. The van der Waals surface area contributed by atoms with Crippen LogP contribution in [0.5, 0.6) is 0 Å². The van der Waals surface area contributed by atoms with Crippen molar-refractivity contribution in [3.8, 4) is 0 Å². The van der Waals surface area contributed by atoms with Crippen LogP contribution in [-0.4, -0.2) is 27.4 Å². The Bertz CT molecular complexity index is 836. The van der Waals surface area contributed by atoms with E-state index in [0.29, 0.717) is 10.7 Å². The Balaban J connectivity index is 2.04. The summed E-state index contributed by atoms with van der Waals surface area (Å²) in [6.07, 6.45) is 0.848. The summed E-state index contributed by atoms with van der Waals surface area (Å²) in [6, 6.07) is 13.6. The second-order valence-electron chi connectivity index (χ2n) is 5.55. The number of halogens is 1. The fourth-order valence-corrected chi connectivity index (χ4v) is 3.60. The van der Waals surface area contributed by atoms with Crippen molar-refractivity contribution in [2.45, 2.75) is 25.2 Å². The van der Waals surface area contributed by atoms with Gasteiger partial charge < -0.3 is 4.90 Å². The predicted molar refractivity (Wildman–Crippen MR) is 100 cm³/mol. The molecule has 0 aliphatic rings. The normalized spacial score (nSPS) is 11.3. The Morgan fingerprint density at radius 3 is 2.40 bits per heavy atom. The molecule has 0 unspecified atom stereocenters. The topological polar surface area (TPSA) is 66.5 Å². The summed E-state index contributed by atoms with van der Waals surface area (Å²) in [7, 11) is -3.61. The SMILES string of the molecule is CCc1ccc(S(=O)(=O)NCCN(C(C)=O)c2cccc(Cl)c2)cc1. The van der Waals surface area contributed by atoms with Gasteiger partial charge in [-0.3, -0.25) is 4.79 Å². The van der Waals surface area contributed by atoms with Crippen molar-refractivity contribution in [2.24, 2.45) is 0 Å². The van der Waals surface area contributed by atoms with Crippen molar-refractivity contribution in [3.05, 3.63) is 59.1 Å². The number of rotatable bonds is 7. The summed E-state index contributed by atoms with van der Waals surface area (Å²) in [6.45, 7) is 3.75. The molecule has 0 saturated heterocycles. The zero-order valence-electron chi connectivity index (χ0n) is 14.2. The van der Waals surface area contributed by atoms with Gasteiger partial charge in [0, 0.05) is 30.7 Å². The highest BCUT2D eigenvalue weighted by atomic mass is 35.5. The maximum Gasteiger partial charge on any atom is 0.240 e. The lowest BCUT2D eigenvalue weighted by Crippen LogP contribution is -2.37. The number of carbonyl (C=O) groups excluding carboxylic acids is 1. The molecule has 2 aromatic rings. The molecule has 7 heteroatoms. The largest absolute Gasteiger partial charge is 0.311 e. The summed E-state index contributed by atoms with van der Waals surface area (Å²) in [4.78, 5) is 13.5.